The van der Waals surface area contributed by atoms with Crippen molar-refractivity contribution in [3.8, 4) is 0 Å². The monoisotopic (exact) mass is 304 g/mol. The molecule has 1 N–H and O–H groups in total. The van der Waals surface area contributed by atoms with Gasteiger partial charge in [-0.2, -0.15) is 0 Å². The molecule has 0 aromatic carbocycles. The standard InChI is InChI=1S/C21H36O/c1-15(16-8-9-16)7-10-18-20(4)13-6-12-19(2,3)17(20)11-14-21(18,5)22/h7,16-18,22H,6,8-14H2,1-5H3/b15-7-/t17-,18+,20-,21+/m0/s1. The van der Waals surface area contributed by atoms with E-state index in [2.05, 4.69) is 40.7 Å². The van der Waals surface area contributed by atoms with Crippen molar-refractivity contribution in [1.82, 2.24) is 0 Å². The highest BCUT2D eigenvalue weighted by molar-refractivity contribution is 5.14. The van der Waals surface area contributed by atoms with Crippen LogP contribution in [0.15, 0.2) is 11.6 Å². The van der Waals surface area contributed by atoms with E-state index in [-0.39, 0.29) is 0 Å². The molecule has 3 saturated carbocycles. The van der Waals surface area contributed by atoms with Gasteiger partial charge in [-0.05, 0) is 87.4 Å². The van der Waals surface area contributed by atoms with Crippen LogP contribution in [0.5, 0.6) is 0 Å². The molecule has 0 spiro atoms. The van der Waals surface area contributed by atoms with Crippen molar-refractivity contribution in [2.24, 2.45) is 28.6 Å². The van der Waals surface area contributed by atoms with Gasteiger partial charge < -0.3 is 5.11 Å². The quantitative estimate of drug-likeness (QED) is 0.660. The number of hydrogen-bond acceptors (Lipinski definition) is 1. The first-order valence-electron chi connectivity index (χ1n) is 9.56. The molecule has 0 unspecified atom stereocenters. The first-order chi connectivity index (χ1) is 10.2. The van der Waals surface area contributed by atoms with Gasteiger partial charge in [0.1, 0.15) is 0 Å². The average Bonchev–Trinajstić information content (AvgIpc) is 3.19. The zero-order chi connectivity index (χ0) is 16.2. The summed E-state index contributed by atoms with van der Waals surface area (Å²) in [6.07, 6.45) is 12.5. The number of hydrogen-bond donors (Lipinski definition) is 1. The lowest BCUT2D eigenvalue weighted by Gasteiger charge is -2.61. The van der Waals surface area contributed by atoms with Crippen molar-refractivity contribution < 1.29 is 5.11 Å². The molecule has 3 aliphatic rings. The predicted octanol–water partition coefficient (Wildman–Crippen LogP) is 5.73. The van der Waals surface area contributed by atoms with Crippen LogP contribution in [0, 0.1) is 28.6 Å². The summed E-state index contributed by atoms with van der Waals surface area (Å²) in [7, 11) is 0. The first-order valence-corrected chi connectivity index (χ1v) is 9.56. The summed E-state index contributed by atoms with van der Waals surface area (Å²) in [6.45, 7) is 11.9. The van der Waals surface area contributed by atoms with E-state index in [0.717, 1.165) is 24.7 Å². The molecule has 4 atom stereocenters. The van der Waals surface area contributed by atoms with Gasteiger partial charge in [-0.25, -0.2) is 0 Å². The van der Waals surface area contributed by atoms with Crippen LogP contribution < -0.4 is 0 Å². The van der Waals surface area contributed by atoms with E-state index in [1.807, 2.05) is 0 Å². The smallest absolute Gasteiger partial charge is 0.0656 e. The Labute approximate surface area is 137 Å². The largest absolute Gasteiger partial charge is 0.390 e. The van der Waals surface area contributed by atoms with Crippen LogP contribution in [-0.2, 0) is 0 Å². The third kappa shape index (κ3) is 2.79. The van der Waals surface area contributed by atoms with Crippen LogP contribution in [0.3, 0.4) is 0 Å². The fraction of sp³-hybridized carbons (Fsp3) is 0.905. The normalized spacial score (nSPS) is 45.5. The minimum absolute atomic E-state index is 0.309. The average molecular weight is 305 g/mol. The fourth-order valence-corrected chi connectivity index (χ4v) is 6.16. The molecule has 0 radical (unpaired) electrons. The van der Waals surface area contributed by atoms with Crippen molar-refractivity contribution in [2.75, 3.05) is 0 Å². The van der Waals surface area contributed by atoms with E-state index in [9.17, 15) is 5.11 Å². The van der Waals surface area contributed by atoms with Gasteiger partial charge in [-0.1, -0.05) is 38.8 Å². The lowest BCUT2D eigenvalue weighted by Crippen LogP contribution is -2.57. The van der Waals surface area contributed by atoms with Gasteiger partial charge in [-0.15, -0.1) is 0 Å². The summed E-state index contributed by atoms with van der Waals surface area (Å²) >= 11 is 0. The third-order valence-corrected chi connectivity index (χ3v) is 7.66. The fourth-order valence-electron chi connectivity index (χ4n) is 6.16. The van der Waals surface area contributed by atoms with Gasteiger partial charge >= 0.3 is 0 Å². The summed E-state index contributed by atoms with van der Waals surface area (Å²) in [5.74, 6) is 2.06. The van der Waals surface area contributed by atoms with Gasteiger partial charge in [0.2, 0.25) is 0 Å². The lowest BCUT2D eigenvalue weighted by molar-refractivity contribution is -0.165. The Morgan fingerprint density at radius 1 is 1.05 bits per heavy atom. The molecule has 3 aliphatic carbocycles. The van der Waals surface area contributed by atoms with Gasteiger partial charge in [-0.3, -0.25) is 0 Å². The highest BCUT2D eigenvalue weighted by atomic mass is 16.3. The van der Waals surface area contributed by atoms with Gasteiger partial charge in [0.15, 0.2) is 0 Å². The Kier molecular flexibility index (Phi) is 4.04. The molecule has 0 amide bonds. The summed E-state index contributed by atoms with van der Waals surface area (Å²) in [4.78, 5) is 0. The lowest BCUT2D eigenvalue weighted by atomic mass is 9.45. The maximum Gasteiger partial charge on any atom is 0.0656 e. The Bertz CT molecular complexity index is 455. The molecule has 0 bridgehead atoms. The maximum atomic E-state index is 11.1. The number of allylic oxidation sites excluding steroid dienone is 2. The van der Waals surface area contributed by atoms with Crippen LogP contribution in [0.25, 0.3) is 0 Å². The zero-order valence-electron chi connectivity index (χ0n) is 15.4. The third-order valence-electron chi connectivity index (χ3n) is 7.66. The Balaban J connectivity index is 1.87. The first kappa shape index (κ1) is 16.6. The van der Waals surface area contributed by atoms with Crippen LogP contribution in [-0.4, -0.2) is 10.7 Å². The molecule has 0 saturated heterocycles. The van der Waals surface area contributed by atoms with Gasteiger partial charge in [0, 0.05) is 0 Å². The second-order valence-electron chi connectivity index (χ2n) is 9.81. The molecule has 1 nitrogen and oxygen atoms in total. The van der Waals surface area contributed by atoms with Crippen molar-refractivity contribution in [2.45, 2.75) is 91.6 Å². The molecule has 3 fully saturated rings. The molecule has 0 aliphatic heterocycles. The van der Waals surface area contributed by atoms with Gasteiger partial charge in [0.05, 0.1) is 5.60 Å². The summed E-state index contributed by atoms with van der Waals surface area (Å²) in [6, 6.07) is 0. The molecule has 0 heterocycles. The van der Waals surface area contributed by atoms with E-state index >= 15 is 0 Å². The highest BCUT2D eigenvalue weighted by Crippen LogP contribution is 2.62. The van der Waals surface area contributed by atoms with E-state index in [1.54, 1.807) is 5.57 Å². The van der Waals surface area contributed by atoms with Crippen molar-refractivity contribution >= 4 is 0 Å². The van der Waals surface area contributed by atoms with Crippen LogP contribution in [0.1, 0.15) is 86.0 Å². The summed E-state index contributed by atoms with van der Waals surface area (Å²) < 4.78 is 0. The summed E-state index contributed by atoms with van der Waals surface area (Å²) in [5.41, 5.74) is 1.84. The minimum atomic E-state index is -0.487. The van der Waals surface area contributed by atoms with Crippen LogP contribution in [0.4, 0.5) is 0 Å². The second-order valence-corrected chi connectivity index (χ2v) is 9.81. The van der Waals surface area contributed by atoms with E-state index in [0.29, 0.717) is 16.7 Å². The molecule has 1 heteroatoms. The Hall–Kier alpha value is -0.300. The van der Waals surface area contributed by atoms with E-state index < -0.39 is 5.60 Å². The minimum Gasteiger partial charge on any atom is -0.390 e. The Morgan fingerprint density at radius 2 is 1.73 bits per heavy atom. The Morgan fingerprint density at radius 3 is 2.36 bits per heavy atom. The van der Waals surface area contributed by atoms with Gasteiger partial charge in [0.25, 0.3) is 0 Å². The molecular formula is C21H36O. The number of aliphatic hydroxyl groups is 1. The molecule has 3 rings (SSSR count). The summed E-state index contributed by atoms with van der Waals surface area (Å²) in [5, 5.41) is 11.1. The molecular weight excluding hydrogens is 268 g/mol. The number of rotatable bonds is 3. The van der Waals surface area contributed by atoms with Crippen LogP contribution in [0.2, 0.25) is 0 Å². The van der Waals surface area contributed by atoms with Crippen LogP contribution >= 0.6 is 0 Å². The van der Waals surface area contributed by atoms with E-state index in [1.165, 1.54) is 38.5 Å². The molecule has 0 aromatic heterocycles. The number of fused-ring (bicyclic) bond motifs is 1. The molecule has 126 valence electrons. The van der Waals surface area contributed by atoms with Crippen molar-refractivity contribution in [1.29, 1.82) is 0 Å². The van der Waals surface area contributed by atoms with Crippen molar-refractivity contribution in [3.63, 3.8) is 0 Å². The molecule has 22 heavy (non-hydrogen) atoms. The molecule has 0 aromatic rings. The predicted molar refractivity (Wildman–Crippen MR) is 93.7 cm³/mol. The van der Waals surface area contributed by atoms with Crippen molar-refractivity contribution in [3.05, 3.63) is 11.6 Å². The highest BCUT2D eigenvalue weighted by Gasteiger charge is 2.57. The zero-order valence-corrected chi connectivity index (χ0v) is 15.4. The second kappa shape index (κ2) is 5.36. The van der Waals surface area contributed by atoms with E-state index in [4.69, 9.17) is 0 Å². The maximum absolute atomic E-state index is 11.1. The SMILES string of the molecule is C/C(=C/C[C@@H]1[C@@]2(C)CCCC(C)(C)[C@@H]2CC[C@@]1(C)O)C1CC1. The topological polar surface area (TPSA) is 20.2 Å².